The molecule has 128 valence electrons. The molecule has 24 heavy (non-hydrogen) atoms. The van der Waals surface area contributed by atoms with Gasteiger partial charge in [0.2, 0.25) is 0 Å². The van der Waals surface area contributed by atoms with E-state index in [9.17, 15) is 0 Å². The summed E-state index contributed by atoms with van der Waals surface area (Å²) in [6.45, 7) is 10.9. The summed E-state index contributed by atoms with van der Waals surface area (Å²) in [7, 11) is 0. The first-order valence-corrected chi connectivity index (χ1v) is 8.96. The molecule has 2 heterocycles. The van der Waals surface area contributed by atoms with E-state index in [-0.39, 0.29) is 0 Å². The van der Waals surface area contributed by atoms with E-state index in [0.717, 1.165) is 25.3 Å². The molecule has 0 unspecified atom stereocenters. The molecule has 1 fully saturated rings. The summed E-state index contributed by atoms with van der Waals surface area (Å²) in [5.74, 6) is 0. The Bertz CT molecular complexity index is 589. The van der Waals surface area contributed by atoms with Crippen molar-refractivity contribution in [2.75, 3.05) is 32.7 Å². The van der Waals surface area contributed by atoms with Crippen LogP contribution in [0, 0.1) is 0 Å². The zero-order chi connectivity index (χ0) is 16.6. The van der Waals surface area contributed by atoms with Gasteiger partial charge in [-0.1, -0.05) is 37.3 Å². The fourth-order valence-electron chi connectivity index (χ4n) is 3.12. The van der Waals surface area contributed by atoms with Crippen LogP contribution in [0.5, 0.6) is 0 Å². The highest BCUT2D eigenvalue weighted by Crippen LogP contribution is 2.10. The molecule has 0 aliphatic carbocycles. The average Bonchev–Trinajstić information content (AvgIpc) is 2.65. The van der Waals surface area contributed by atoms with Crippen molar-refractivity contribution in [3.63, 3.8) is 0 Å². The molecular weight excluding hydrogens is 296 g/mol. The third-order valence-corrected chi connectivity index (χ3v) is 4.70. The van der Waals surface area contributed by atoms with Gasteiger partial charge in [-0.15, -0.1) is 0 Å². The van der Waals surface area contributed by atoms with E-state index < -0.39 is 0 Å². The maximum Gasteiger partial charge on any atom is 0.0541 e. The molecule has 0 saturated carbocycles. The van der Waals surface area contributed by atoms with Crippen LogP contribution < -0.4 is 5.32 Å². The Kier molecular flexibility index (Phi) is 6.35. The molecule has 0 amide bonds. The van der Waals surface area contributed by atoms with E-state index in [2.05, 4.69) is 51.3 Å². The molecule has 0 spiro atoms. The van der Waals surface area contributed by atoms with Gasteiger partial charge < -0.3 is 10.2 Å². The van der Waals surface area contributed by atoms with Crippen molar-refractivity contribution in [3.8, 4) is 0 Å². The fraction of sp³-hybridized carbons (Fsp3) is 0.450. The minimum atomic E-state index is 0.810. The van der Waals surface area contributed by atoms with Gasteiger partial charge in [0.1, 0.15) is 0 Å². The Balaban J connectivity index is 1.42. The van der Waals surface area contributed by atoms with E-state index in [0.29, 0.717) is 0 Å². The third kappa shape index (κ3) is 5.13. The Hall–Kier alpha value is -1.75. The van der Waals surface area contributed by atoms with Crippen LogP contribution in [0.2, 0.25) is 0 Å². The number of hydrogen-bond donors (Lipinski definition) is 1. The zero-order valence-electron chi connectivity index (χ0n) is 14.6. The summed E-state index contributed by atoms with van der Waals surface area (Å²) in [5.41, 5.74) is 3.82. The molecule has 1 aromatic heterocycles. The second-order valence-corrected chi connectivity index (χ2v) is 6.45. The van der Waals surface area contributed by atoms with Gasteiger partial charge in [0.15, 0.2) is 0 Å². The predicted molar refractivity (Wildman–Crippen MR) is 98.6 cm³/mol. The number of rotatable bonds is 7. The summed E-state index contributed by atoms with van der Waals surface area (Å²) in [4.78, 5) is 9.41. The number of aromatic nitrogens is 1. The van der Waals surface area contributed by atoms with Crippen molar-refractivity contribution >= 4 is 0 Å². The van der Waals surface area contributed by atoms with E-state index in [4.69, 9.17) is 0 Å². The molecule has 0 atom stereocenters. The molecule has 2 aromatic rings. The Morgan fingerprint density at radius 1 is 0.875 bits per heavy atom. The molecule has 0 bridgehead atoms. The molecule has 1 saturated heterocycles. The van der Waals surface area contributed by atoms with E-state index in [1.807, 2.05) is 24.4 Å². The minimum Gasteiger partial charge on any atom is -0.307 e. The lowest BCUT2D eigenvalue weighted by molar-refractivity contribution is 0.132. The molecule has 1 aliphatic heterocycles. The number of nitrogens with zero attached hydrogens (tertiary/aromatic N) is 3. The SMILES string of the molecule is CCN1CCN(Cc2ccc(CNCc3ccccn3)cc2)CC1. The van der Waals surface area contributed by atoms with Crippen LogP contribution in [0.4, 0.5) is 0 Å². The summed E-state index contributed by atoms with van der Waals surface area (Å²) in [5, 5.41) is 3.45. The molecule has 1 aromatic carbocycles. The maximum absolute atomic E-state index is 4.33. The molecule has 0 radical (unpaired) electrons. The zero-order valence-corrected chi connectivity index (χ0v) is 14.6. The molecular formula is C20H28N4. The Labute approximate surface area is 145 Å². The van der Waals surface area contributed by atoms with Crippen molar-refractivity contribution < 1.29 is 0 Å². The monoisotopic (exact) mass is 324 g/mol. The highest BCUT2D eigenvalue weighted by Gasteiger charge is 2.15. The standard InChI is InChI=1S/C20H28N4/c1-2-23-11-13-24(14-12-23)17-19-8-6-18(7-9-19)15-21-16-20-5-3-4-10-22-20/h3-10,21H,2,11-17H2,1H3. The summed E-state index contributed by atoms with van der Waals surface area (Å²) < 4.78 is 0. The van der Waals surface area contributed by atoms with Gasteiger partial charge in [0.05, 0.1) is 5.69 Å². The van der Waals surface area contributed by atoms with Crippen LogP contribution in [0.25, 0.3) is 0 Å². The van der Waals surface area contributed by atoms with Crippen LogP contribution in [-0.2, 0) is 19.6 Å². The average molecular weight is 324 g/mol. The van der Waals surface area contributed by atoms with Crippen molar-refractivity contribution in [2.24, 2.45) is 0 Å². The minimum absolute atomic E-state index is 0.810. The van der Waals surface area contributed by atoms with Gasteiger partial charge in [-0.25, -0.2) is 0 Å². The molecule has 1 aliphatic rings. The van der Waals surface area contributed by atoms with Crippen LogP contribution >= 0.6 is 0 Å². The Morgan fingerprint density at radius 3 is 2.25 bits per heavy atom. The lowest BCUT2D eigenvalue weighted by Crippen LogP contribution is -2.45. The van der Waals surface area contributed by atoms with Gasteiger partial charge in [0.25, 0.3) is 0 Å². The van der Waals surface area contributed by atoms with Crippen molar-refractivity contribution in [2.45, 2.75) is 26.6 Å². The second-order valence-electron chi connectivity index (χ2n) is 6.45. The van der Waals surface area contributed by atoms with E-state index >= 15 is 0 Å². The Morgan fingerprint density at radius 2 is 1.58 bits per heavy atom. The van der Waals surface area contributed by atoms with Crippen molar-refractivity contribution in [1.29, 1.82) is 0 Å². The van der Waals surface area contributed by atoms with Crippen LogP contribution in [0.15, 0.2) is 48.7 Å². The first-order valence-electron chi connectivity index (χ1n) is 8.96. The first kappa shape index (κ1) is 17.1. The highest BCUT2D eigenvalue weighted by atomic mass is 15.3. The van der Waals surface area contributed by atoms with Crippen LogP contribution in [0.1, 0.15) is 23.7 Å². The van der Waals surface area contributed by atoms with Crippen molar-refractivity contribution in [3.05, 3.63) is 65.5 Å². The fourth-order valence-corrected chi connectivity index (χ4v) is 3.12. The number of likely N-dealkylation sites (N-methyl/N-ethyl adjacent to an activating group) is 1. The summed E-state index contributed by atoms with van der Waals surface area (Å²) in [6.07, 6.45) is 1.84. The third-order valence-electron chi connectivity index (χ3n) is 4.70. The van der Waals surface area contributed by atoms with Crippen molar-refractivity contribution in [1.82, 2.24) is 20.1 Å². The van der Waals surface area contributed by atoms with Gasteiger partial charge in [-0.2, -0.15) is 0 Å². The van der Waals surface area contributed by atoms with Crippen LogP contribution in [0.3, 0.4) is 0 Å². The van der Waals surface area contributed by atoms with Gasteiger partial charge in [0, 0.05) is 52.0 Å². The normalized spacial score (nSPS) is 16.4. The smallest absolute Gasteiger partial charge is 0.0541 e. The van der Waals surface area contributed by atoms with E-state index in [1.165, 1.54) is 43.9 Å². The van der Waals surface area contributed by atoms with Gasteiger partial charge in [-0.3, -0.25) is 9.88 Å². The topological polar surface area (TPSA) is 31.4 Å². The molecule has 3 rings (SSSR count). The number of piperazine rings is 1. The number of pyridine rings is 1. The first-order chi connectivity index (χ1) is 11.8. The summed E-state index contributed by atoms with van der Waals surface area (Å²) in [6, 6.07) is 15.0. The lowest BCUT2D eigenvalue weighted by Gasteiger charge is -2.34. The lowest BCUT2D eigenvalue weighted by atomic mass is 10.1. The predicted octanol–water partition coefficient (Wildman–Crippen LogP) is 2.51. The van der Waals surface area contributed by atoms with Gasteiger partial charge in [-0.05, 0) is 29.8 Å². The number of nitrogens with one attached hydrogen (secondary N) is 1. The maximum atomic E-state index is 4.33. The number of hydrogen-bond acceptors (Lipinski definition) is 4. The summed E-state index contributed by atoms with van der Waals surface area (Å²) >= 11 is 0. The molecule has 4 nitrogen and oxygen atoms in total. The molecule has 4 heteroatoms. The highest BCUT2D eigenvalue weighted by molar-refractivity contribution is 5.22. The number of benzene rings is 1. The van der Waals surface area contributed by atoms with E-state index in [1.54, 1.807) is 0 Å². The van der Waals surface area contributed by atoms with Gasteiger partial charge >= 0.3 is 0 Å². The largest absolute Gasteiger partial charge is 0.307 e. The van der Waals surface area contributed by atoms with Crippen LogP contribution in [-0.4, -0.2) is 47.5 Å². The molecule has 1 N–H and O–H groups in total. The second kappa shape index (κ2) is 8.92. The quantitative estimate of drug-likeness (QED) is 0.848.